The zero-order chi connectivity index (χ0) is 25.0. The maximum atomic E-state index is 11.3. The van der Waals surface area contributed by atoms with Crippen LogP contribution in [0, 0.1) is 5.92 Å². The van der Waals surface area contributed by atoms with E-state index in [1.807, 2.05) is 12.1 Å². The van der Waals surface area contributed by atoms with Crippen LogP contribution in [0.3, 0.4) is 0 Å². The topological polar surface area (TPSA) is 26.3 Å². The number of unbranched alkanes of at least 4 members (excludes halogenated alkanes) is 15. The van der Waals surface area contributed by atoms with Crippen LogP contribution in [0.5, 0.6) is 5.75 Å². The van der Waals surface area contributed by atoms with E-state index in [9.17, 15) is 4.79 Å². The van der Waals surface area contributed by atoms with Crippen LogP contribution >= 0.6 is 0 Å². The summed E-state index contributed by atoms with van der Waals surface area (Å²) in [6, 6.07) is 8.09. The third-order valence-corrected chi connectivity index (χ3v) is 8.05. The van der Waals surface area contributed by atoms with Gasteiger partial charge < -0.3 is 4.74 Å². The van der Waals surface area contributed by atoms with Gasteiger partial charge in [-0.05, 0) is 55.2 Å². The number of ether oxygens (including phenoxy) is 1. The largest absolute Gasteiger partial charge is 0.423 e. The third-order valence-electron chi connectivity index (χ3n) is 8.05. The molecular weight excluding hydrogens is 428 g/mol. The highest BCUT2D eigenvalue weighted by Crippen LogP contribution is 2.38. The molecule has 2 rings (SSSR count). The summed E-state index contributed by atoms with van der Waals surface area (Å²) in [6.45, 7) is 5.74. The van der Waals surface area contributed by atoms with E-state index in [2.05, 4.69) is 25.6 Å². The quantitative estimate of drug-likeness (QED) is 0.0799. The van der Waals surface area contributed by atoms with Crippen molar-refractivity contribution in [2.45, 2.75) is 148 Å². The lowest BCUT2D eigenvalue weighted by Gasteiger charge is -2.29. The molecule has 2 nitrogen and oxygen atoms in total. The summed E-state index contributed by atoms with van der Waals surface area (Å²) in [4.78, 5) is 11.3. The number of hydrogen-bond donors (Lipinski definition) is 0. The van der Waals surface area contributed by atoms with Gasteiger partial charge in [0.1, 0.15) is 5.75 Å². The SMILES string of the molecule is C=CC(=O)Oc1ccc(C2CCC(CCCCCCCCCCCCCCCCCC)CC2)cc1. The van der Waals surface area contributed by atoms with Crippen molar-refractivity contribution in [3.8, 4) is 5.75 Å². The van der Waals surface area contributed by atoms with E-state index < -0.39 is 5.97 Å². The summed E-state index contributed by atoms with van der Waals surface area (Å²) < 4.78 is 5.19. The molecule has 0 spiro atoms. The Morgan fingerprint density at radius 2 is 1.20 bits per heavy atom. The van der Waals surface area contributed by atoms with Gasteiger partial charge in [-0.1, -0.05) is 135 Å². The van der Waals surface area contributed by atoms with Crippen molar-refractivity contribution >= 4 is 5.97 Å². The zero-order valence-electron chi connectivity index (χ0n) is 22.9. The standard InChI is InChI=1S/C33H54O2/c1-3-5-6-7-8-9-10-11-12-13-14-15-16-17-18-19-20-29-21-23-30(24-22-29)31-25-27-32(28-26-31)35-33(34)4-2/h4,25-30H,2-3,5-24H2,1H3. The fourth-order valence-corrected chi connectivity index (χ4v) is 5.73. The molecule has 0 atom stereocenters. The smallest absolute Gasteiger partial charge is 0.335 e. The molecule has 0 heterocycles. The Hall–Kier alpha value is -1.57. The monoisotopic (exact) mass is 482 g/mol. The Bertz CT molecular complexity index is 654. The minimum absolute atomic E-state index is 0.396. The van der Waals surface area contributed by atoms with Gasteiger partial charge in [0.15, 0.2) is 0 Å². The van der Waals surface area contributed by atoms with Crippen molar-refractivity contribution < 1.29 is 9.53 Å². The molecule has 198 valence electrons. The molecule has 1 aromatic carbocycles. The molecule has 1 aliphatic carbocycles. The molecule has 1 aromatic rings. The second-order valence-electron chi connectivity index (χ2n) is 11.0. The van der Waals surface area contributed by atoms with Crippen LogP contribution in [0.15, 0.2) is 36.9 Å². The van der Waals surface area contributed by atoms with Crippen LogP contribution in [0.2, 0.25) is 0 Å². The highest BCUT2D eigenvalue weighted by molar-refractivity contribution is 5.83. The summed E-state index contributed by atoms with van der Waals surface area (Å²) in [7, 11) is 0. The van der Waals surface area contributed by atoms with Crippen LogP contribution in [-0.4, -0.2) is 5.97 Å². The third kappa shape index (κ3) is 13.9. The fourth-order valence-electron chi connectivity index (χ4n) is 5.73. The fraction of sp³-hybridized carbons (Fsp3) is 0.727. The minimum atomic E-state index is -0.396. The van der Waals surface area contributed by atoms with Gasteiger partial charge in [-0.2, -0.15) is 0 Å². The first-order valence-electron chi connectivity index (χ1n) is 15.2. The van der Waals surface area contributed by atoms with Crippen LogP contribution < -0.4 is 4.74 Å². The summed E-state index contributed by atoms with van der Waals surface area (Å²) in [5.41, 5.74) is 1.39. The molecule has 0 aromatic heterocycles. The number of carbonyl (C=O) groups excluding carboxylic acids is 1. The molecule has 0 radical (unpaired) electrons. The molecule has 1 fully saturated rings. The van der Waals surface area contributed by atoms with Gasteiger partial charge in [0, 0.05) is 6.08 Å². The van der Waals surface area contributed by atoms with Gasteiger partial charge in [-0.3, -0.25) is 0 Å². The second kappa shape index (κ2) is 19.6. The lowest BCUT2D eigenvalue weighted by atomic mass is 9.77. The maximum absolute atomic E-state index is 11.3. The van der Waals surface area contributed by atoms with E-state index >= 15 is 0 Å². The van der Waals surface area contributed by atoms with Gasteiger partial charge in [0.2, 0.25) is 0 Å². The van der Waals surface area contributed by atoms with Crippen molar-refractivity contribution in [2.24, 2.45) is 5.92 Å². The van der Waals surface area contributed by atoms with Crippen LogP contribution in [-0.2, 0) is 4.79 Å². The molecule has 0 N–H and O–H groups in total. The molecule has 0 aliphatic heterocycles. The lowest BCUT2D eigenvalue weighted by molar-refractivity contribution is -0.128. The van der Waals surface area contributed by atoms with Crippen molar-refractivity contribution in [3.05, 3.63) is 42.5 Å². The predicted octanol–water partition coefficient (Wildman–Crippen LogP) is 10.7. The van der Waals surface area contributed by atoms with Crippen molar-refractivity contribution in [3.63, 3.8) is 0 Å². The lowest BCUT2D eigenvalue weighted by Crippen LogP contribution is -2.13. The number of rotatable bonds is 20. The molecule has 35 heavy (non-hydrogen) atoms. The summed E-state index contributed by atoms with van der Waals surface area (Å²) >= 11 is 0. The van der Waals surface area contributed by atoms with E-state index in [0.717, 1.165) is 5.92 Å². The number of hydrogen-bond acceptors (Lipinski definition) is 2. The number of carbonyl (C=O) groups is 1. The Labute approximate surface area is 217 Å². The molecule has 0 saturated heterocycles. The Balaban J connectivity index is 1.38. The van der Waals surface area contributed by atoms with E-state index in [-0.39, 0.29) is 0 Å². The highest BCUT2D eigenvalue weighted by atomic mass is 16.5. The van der Waals surface area contributed by atoms with Crippen LogP contribution in [0.4, 0.5) is 0 Å². The number of esters is 1. The highest BCUT2D eigenvalue weighted by Gasteiger charge is 2.22. The average molecular weight is 483 g/mol. The number of benzene rings is 1. The minimum Gasteiger partial charge on any atom is -0.423 e. The first kappa shape index (κ1) is 29.7. The van der Waals surface area contributed by atoms with E-state index in [0.29, 0.717) is 11.7 Å². The molecule has 1 aliphatic rings. The Morgan fingerprint density at radius 3 is 1.66 bits per heavy atom. The van der Waals surface area contributed by atoms with Crippen molar-refractivity contribution in [1.29, 1.82) is 0 Å². The molecule has 0 bridgehead atoms. The Kier molecular flexibility index (Phi) is 16.6. The molecular formula is C33H54O2. The van der Waals surface area contributed by atoms with Crippen molar-refractivity contribution in [2.75, 3.05) is 0 Å². The first-order chi connectivity index (χ1) is 17.2. The van der Waals surface area contributed by atoms with Gasteiger partial charge in [-0.15, -0.1) is 0 Å². The van der Waals surface area contributed by atoms with Gasteiger partial charge in [0.25, 0.3) is 0 Å². The maximum Gasteiger partial charge on any atom is 0.335 e. The average Bonchev–Trinajstić information content (AvgIpc) is 2.89. The first-order valence-corrected chi connectivity index (χ1v) is 15.2. The van der Waals surface area contributed by atoms with Gasteiger partial charge >= 0.3 is 5.97 Å². The van der Waals surface area contributed by atoms with Crippen LogP contribution in [0.25, 0.3) is 0 Å². The zero-order valence-corrected chi connectivity index (χ0v) is 22.9. The van der Waals surface area contributed by atoms with Gasteiger partial charge in [-0.25, -0.2) is 4.79 Å². The predicted molar refractivity (Wildman–Crippen MR) is 151 cm³/mol. The second-order valence-corrected chi connectivity index (χ2v) is 11.0. The Morgan fingerprint density at radius 1 is 0.743 bits per heavy atom. The van der Waals surface area contributed by atoms with Crippen molar-refractivity contribution in [1.82, 2.24) is 0 Å². The molecule has 1 saturated carbocycles. The summed E-state index contributed by atoms with van der Waals surface area (Å²) in [5.74, 6) is 1.81. The van der Waals surface area contributed by atoms with E-state index in [4.69, 9.17) is 4.74 Å². The summed E-state index contributed by atoms with van der Waals surface area (Å²) in [6.07, 6.45) is 31.1. The molecule has 2 heteroatoms. The normalized spacial score (nSPS) is 17.9. The van der Waals surface area contributed by atoms with E-state index in [1.165, 1.54) is 146 Å². The molecule has 0 amide bonds. The summed E-state index contributed by atoms with van der Waals surface area (Å²) in [5, 5.41) is 0. The van der Waals surface area contributed by atoms with Gasteiger partial charge in [0.05, 0.1) is 0 Å². The van der Waals surface area contributed by atoms with Crippen LogP contribution in [0.1, 0.15) is 153 Å². The van der Waals surface area contributed by atoms with E-state index in [1.54, 1.807) is 0 Å². The molecule has 0 unspecified atom stereocenters.